The molecular formula is C11H13F3N6. The van der Waals surface area contributed by atoms with Gasteiger partial charge in [-0.2, -0.15) is 18.3 Å². The molecule has 1 aliphatic heterocycles. The number of nitrogen functional groups attached to an aromatic ring is 1. The fraction of sp³-hybridized carbons (Fsp3) is 0.545. The second-order valence-electron chi connectivity index (χ2n) is 4.89. The summed E-state index contributed by atoms with van der Waals surface area (Å²) in [5, 5.41) is 11.9. The van der Waals surface area contributed by atoms with E-state index in [0.29, 0.717) is 23.8 Å². The third-order valence-electron chi connectivity index (χ3n) is 3.44. The van der Waals surface area contributed by atoms with Gasteiger partial charge in [-0.25, -0.2) is 0 Å². The number of aryl methyl sites for hydroxylation is 1. The summed E-state index contributed by atoms with van der Waals surface area (Å²) in [6, 6.07) is 0. The molecule has 20 heavy (non-hydrogen) atoms. The lowest BCUT2D eigenvalue weighted by Crippen LogP contribution is -2.33. The van der Waals surface area contributed by atoms with Crippen LogP contribution in [0.5, 0.6) is 0 Å². The Balaban J connectivity index is 1.83. The molecule has 108 valence electrons. The minimum absolute atomic E-state index is 0.0658. The van der Waals surface area contributed by atoms with Gasteiger partial charge >= 0.3 is 6.18 Å². The van der Waals surface area contributed by atoms with Crippen LogP contribution in [0.2, 0.25) is 0 Å². The molecule has 2 aromatic rings. The lowest BCUT2D eigenvalue weighted by atomic mass is 9.99. The quantitative estimate of drug-likeness (QED) is 0.901. The molecule has 0 saturated heterocycles. The van der Waals surface area contributed by atoms with Gasteiger partial charge in [0.25, 0.3) is 0 Å². The van der Waals surface area contributed by atoms with E-state index in [2.05, 4.69) is 15.3 Å². The van der Waals surface area contributed by atoms with Gasteiger partial charge in [-0.15, -0.1) is 10.2 Å². The fourth-order valence-electron chi connectivity index (χ4n) is 2.38. The topological polar surface area (TPSA) is 74.6 Å². The zero-order valence-corrected chi connectivity index (χ0v) is 10.5. The molecule has 9 heteroatoms. The van der Waals surface area contributed by atoms with Crippen molar-refractivity contribution < 1.29 is 13.2 Å². The largest absolute Gasteiger partial charge is 0.396 e. The minimum Gasteiger partial charge on any atom is -0.396 e. The molecule has 0 aromatic carbocycles. The molecule has 0 aliphatic carbocycles. The van der Waals surface area contributed by atoms with Crippen molar-refractivity contribution in [1.29, 1.82) is 0 Å². The van der Waals surface area contributed by atoms with Gasteiger partial charge in [0.2, 0.25) is 0 Å². The Bertz CT molecular complexity index is 614. The number of hydrogen-bond acceptors (Lipinski definition) is 4. The SMILES string of the molecule is Nc1cnn(Cc2nnc3n2CC(C(F)(F)F)CC3)c1. The highest BCUT2D eigenvalue weighted by Gasteiger charge is 2.42. The highest BCUT2D eigenvalue weighted by atomic mass is 19.4. The predicted octanol–water partition coefficient (Wildman–Crippen LogP) is 1.23. The zero-order chi connectivity index (χ0) is 14.3. The standard InChI is InChI=1S/C11H13F3N6/c12-11(13,14)7-1-2-9-17-18-10(20(9)4-7)6-19-5-8(15)3-16-19/h3,5,7H,1-2,4,6,15H2. The molecule has 0 spiro atoms. The Labute approximate surface area is 112 Å². The predicted molar refractivity (Wildman–Crippen MR) is 63.6 cm³/mol. The van der Waals surface area contributed by atoms with Crippen LogP contribution in [0.4, 0.5) is 18.9 Å². The number of alkyl halides is 3. The number of nitrogens with two attached hydrogens (primary N) is 1. The van der Waals surface area contributed by atoms with Crippen LogP contribution in [0.1, 0.15) is 18.1 Å². The lowest BCUT2D eigenvalue weighted by molar-refractivity contribution is -0.182. The number of hydrogen-bond donors (Lipinski definition) is 1. The Morgan fingerprint density at radius 2 is 2.15 bits per heavy atom. The maximum absolute atomic E-state index is 12.8. The maximum Gasteiger partial charge on any atom is 0.393 e. The van der Waals surface area contributed by atoms with E-state index >= 15 is 0 Å². The molecule has 3 heterocycles. The second kappa shape index (κ2) is 4.50. The number of anilines is 1. The van der Waals surface area contributed by atoms with Gasteiger partial charge in [-0.3, -0.25) is 4.68 Å². The molecule has 1 atom stereocenters. The van der Waals surface area contributed by atoms with Crippen LogP contribution in [0.25, 0.3) is 0 Å². The van der Waals surface area contributed by atoms with Crippen molar-refractivity contribution in [2.24, 2.45) is 5.92 Å². The summed E-state index contributed by atoms with van der Waals surface area (Å²) < 4.78 is 41.5. The van der Waals surface area contributed by atoms with Crippen molar-refractivity contribution in [2.75, 3.05) is 5.73 Å². The normalized spacial score (nSPS) is 19.1. The molecular weight excluding hydrogens is 273 g/mol. The molecule has 1 aliphatic rings. The molecule has 3 rings (SSSR count). The number of aromatic nitrogens is 5. The minimum atomic E-state index is -4.19. The molecule has 6 nitrogen and oxygen atoms in total. The summed E-state index contributed by atoms with van der Waals surface area (Å²) >= 11 is 0. The van der Waals surface area contributed by atoms with E-state index in [9.17, 15) is 13.2 Å². The lowest BCUT2D eigenvalue weighted by Gasteiger charge is -2.26. The molecule has 1 unspecified atom stereocenters. The Morgan fingerprint density at radius 1 is 1.35 bits per heavy atom. The van der Waals surface area contributed by atoms with Gasteiger partial charge < -0.3 is 10.3 Å². The van der Waals surface area contributed by atoms with E-state index in [1.54, 1.807) is 10.8 Å². The summed E-state index contributed by atoms with van der Waals surface area (Å²) in [4.78, 5) is 0. The van der Waals surface area contributed by atoms with Crippen molar-refractivity contribution in [3.8, 4) is 0 Å². The van der Waals surface area contributed by atoms with Crippen LogP contribution in [-0.4, -0.2) is 30.7 Å². The second-order valence-corrected chi connectivity index (χ2v) is 4.89. The van der Waals surface area contributed by atoms with Gasteiger partial charge in [0.1, 0.15) is 12.4 Å². The molecule has 2 N–H and O–H groups in total. The van der Waals surface area contributed by atoms with Gasteiger partial charge in [0, 0.05) is 19.2 Å². The van der Waals surface area contributed by atoms with Crippen LogP contribution in [0.3, 0.4) is 0 Å². The highest BCUT2D eigenvalue weighted by molar-refractivity contribution is 5.30. The maximum atomic E-state index is 12.8. The summed E-state index contributed by atoms with van der Waals surface area (Å²) in [5.41, 5.74) is 6.05. The Hall–Kier alpha value is -2.06. The fourth-order valence-corrected chi connectivity index (χ4v) is 2.38. The number of fused-ring (bicyclic) bond motifs is 1. The molecule has 0 saturated carbocycles. The molecule has 2 aromatic heterocycles. The van der Waals surface area contributed by atoms with E-state index in [-0.39, 0.29) is 19.5 Å². The first-order valence-corrected chi connectivity index (χ1v) is 6.19. The Morgan fingerprint density at radius 3 is 2.80 bits per heavy atom. The molecule has 0 amide bonds. The Kier molecular flexibility index (Phi) is 2.91. The number of nitrogens with zero attached hydrogens (tertiary/aromatic N) is 5. The van der Waals surface area contributed by atoms with Crippen molar-refractivity contribution >= 4 is 5.69 Å². The van der Waals surface area contributed by atoms with Crippen molar-refractivity contribution in [3.63, 3.8) is 0 Å². The van der Waals surface area contributed by atoms with Gasteiger partial charge in [-0.1, -0.05) is 0 Å². The smallest absolute Gasteiger partial charge is 0.393 e. The first-order valence-electron chi connectivity index (χ1n) is 6.19. The third-order valence-corrected chi connectivity index (χ3v) is 3.44. The van der Waals surface area contributed by atoms with Crippen LogP contribution < -0.4 is 5.73 Å². The highest BCUT2D eigenvalue weighted by Crippen LogP contribution is 2.34. The first kappa shape index (κ1) is 12.9. The van der Waals surface area contributed by atoms with Crippen molar-refractivity contribution in [1.82, 2.24) is 24.5 Å². The van der Waals surface area contributed by atoms with Crippen LogP contribution in [0.15, 0.2) is 12.4 Å². The third kappa shape index (κ3) is 2.35. The van der Waals surface area contributed by atoms with Crippen LogP contribution >= 0.6 is 0 Å². The number of rotatable bonds is 2. The van der Waals surface area contributed by atoms with E-state index in [0.717, 1.165) is 0 Å². The van der Waals surface area contributed by atoms with Gasteiger partial charge in [0.15, 0.2) is 5.82 Å². The van der Waals surface area contributed by atoms with Crippen molar-refractivity contribution in [3.05, 3.63) is 24.0 Å². The average Bonchev–Trinajstić information content (AvgIpc) is 2.95. The van der Waals surface area contributed by atoms with Gasteiger partial charge in [0.05, 0.1) is 17.8 Å². The van der Waals surface area contributed by atoms with Crippen molar-refractivity contribution in [2.45, 2.75) is 32.1 Å². The number of halogens is 3. The molecule has 0 radical (unpaired) electrons. The summed E-state index contributed by atoms with van der Waals surface area (Å²) in [6.07, 6.45) is -0.748. The van der Waals surface area contributed by atoms with E-state index in [4.69, 9.17) is 5.73 Å². The van der Waals surface area contributed by atoms with Crippen LogP contribution in [0, 0.1) is 5.92 Å². The van der Waals surface area contributed by atoms with Gasteiger partial charge in [-0.05, 0) is 6.42 Å². The monoisotopic (exact) mass is 286 g/mol. The zero-order valence-electron chi connectivity index (χ0n) is 10.5. The summed E-state index contributed by atoms with van der Waals surface area (Å²) in [5.74, 6) is -0.273. The summed E-state index contributed by atoms with van der Waals surface area (Å²) in [6.45, 7) is 0.132. The molecule has 0 bridgehead atoms. The van der Waals surface area contributed by atoms with E-state index < -0.39 is 12.1 Å². The first-order chi connectivity index (χ1) is 9.43. The van der Waals surface area contributed by atoms with E-state index in [1.165, 1.54) is 10.9 Å². The summed E-state index contributed by atoms with van der Waals surface area (Å²) in [7, 11) is 0. The molecule has 0 fully saturated rings. The van der Waals surface area contributed by atoms with E-state index in [1.807, 2.05) is 0 Å². The average molecular weight is 286 g/mol. The van der Waals surface area contributed by atoms with Crippen LogP contribution in [-0.2, 0) is 19.5 Å².